The fourth-order valence-electron chi connectivity index (χ4n) is 3.95. The Hall–Kier alpha value is -4.87. The number of aliphatic carboxylic acids is 1. The van der Waals surface area contributed by atoms with Crippen molar-refractivity contribution < 1.29 is 38.7 Å². The molecule has 0 bridgehead atoms. The molecule has 198 valence electrons. The van der Waals surface area contributed by atoms with Gasteiger partial charge >= 0.3 is 5.97 Å². The molecule has 3 N–H and O–H groups in total. The van der Waals surface area contributed by atoms with Gasteiger partial charge in [-0.25, -0.2) is 0 Å². The summed E-state index contributed by atoms with van der Waals surface area (Å²) in [5.74, 6) is -4.46. The standard InChI is InChI=1S/C26H26N4O8/c1-16(32)11-23(34)29-13-19(28-25(37)17-7-3-2-4-8-17)26(38)30(21-10-6-5-9-20(21)29)14-22(33)27-18(15-31)12-24(35)36/h2-10,15,18-19H,11-14H2,1H3,(H,27,33)(H,28,37)(H,35,36). The van der Waals surface area contributed by atoms with Gasteiger partial charge in [-0.2, -0.15) is 0 Å². The van der Waals surface area contributed by atoms with E-state index in [0.29, 0.717) is 0 Å². The van der Waals surface area contributed by atoms with Crippen molar-refractivity contribution in [3.05, 3.63) is 60.2 Å². The Balaban J connectivity index is 1.99. The van der Waals surface area contributed by atoms with Crippen LogP contribution in [0.25, 0.3) is 0 Å². The zero-order valence-corrected chi connectivity index (χ0v) is 20.5. The molecule has 12 heteroatoms. The molecule has 0 radical (unpaired) electrons. The number of hydrogen-bond acceptors (Lipinski definition) is 7. The lowest BCUT2D eigenvalue weighted by Gasteiger charge is -2.25. The summed E-state index contributed by atoms with van der Waals surface area (Å²) in [4.78, 5) is 88.6. The highest BCUT2D eigenvalue weighted by atomic mass is 16.4. The van der Waals surface area contributed by atoms with Crippen molar-refractivity contribution in [3.8, 4) is 0 Å². The van der Waals surface area contributed by atoms with E-state index in [0.717, 1.165) is 4.90 Å². The highest BCUT2D eigenvalue weighted by Gasteiger charge is 2.38. The predicted molar refractivity (Wildman–Crippen MR) is 134 cm³/mol. The second-order valence-corrected chi connectivity index (χ2v) is 8.60. The van der Waals surface area contributed by atoms with Gasteiger partial charge in [-0.05, 0) is 31.2 Å². The third kappa shape index (κ3) is 6.87. The van der Waals surface area contributed by atoms with Crippen molar-refractivity contribution in [3.63, 3.8) is 0 Å². The van der Waals surface area contributed by atoms with Gasteiger partial charge < -0.3 is 25.4 Å². The first kappa shape index (κ1) is 27.7. The van der Waals surface area contributed by atoms with Gasteiger partial charge in [-0.15, -0.1) is 0 Å². The predicted octanol–water partition coefficient (Wildman–Crippen LogP) is 0.302. The first-order valence-corrected chi connectivity index (χ1v) is 11.6. The minimum atomic E-state index is -1.32. The van der Waals surface area contributed by atoms with Crippen molar-refractivity contribution in [2.24, 2.45) is 0 Å². The Morgan fingerprint density at radius 1 is 1.03 bits per heavy atom. The number of benzene rings is 2. The summed E-state index contributed by atoms with van der Waals surface area (Å²) in [6, 6.07) is 11.6. The van der Waals surface area contributed by atoms with Crippen LogP contribution in [0.5, 0.6) is 0 Å². The van der Waals surface area contributed by atoms with E-state index in [1.54, 1.807) is 30.3 Å². The molecule has 0 aliphatic carbocycles. The number of Topliss-reactive ketones (excluding diaryl/α,β-unsaturated/α-hetero) is 1. The number of ketones is 1. The van der Waals surface area contributed by atoms with Gasteiger partial charge in [0.1, 0.15) is 24.7 Å². The molecule has 0 fully saturated rings. The highest BCUT2D eigenvalue weighted by Crippen LogP contribution is 2.33. The lowest BCUT2D eigenvalue weighted by atomic mass is 10.1. The zero-order chi connectivity index (χ0) is 27.8. The number of rotatable bonds is 10. The zero-order valence-electron chi connectivity index (χ0n) is 20.5. The van der Waals surface area contributed by atoms with E-state index in [1.165, 1.54) is 36.1 Å². The Morgan fingerprint density at radius 2 is 1.66 bits per heavy atom. The first-order chi connectivity index (χ1) is 18.1. The molecule has 2 aromatic rings. The number of carbonyl (C=O) groups is 7. The molecule has 3 rings (SSSR count). The monoisotopic (exact) mass is 522 g/mol. The van der Waals surface area contributed by atoms with E-state index in [-0.39, 0.29) is 29.8 Å². The molecule has 4 amide bonds. The average molecular weight is 523 g/mol. The van der Waals surface area contributed by atoms with Crippen molar-refractivity contribution in [2.75, 3.05) is 22.9 Å². The van der Waals surface area contributed by atoms with Crippen molar-refractivity contribution in [2.45, 2.75) is 31.8 Å². The number of aldehydes is 1. The average Bonchev–Trinajstić information content (AvgIpc) is 2.98. The minimum Gasteiger partial charge on any atom is -0.481 e. The molecule has 12 nitrogen and oxygen atoms in total. The number of nitrogens with one attached hydrogen (secondary N) is 2. The Bertz CT molecular complexity index is 1260. The number of para-hydroxylation sites is 2. The summed E-state index contributed by atoms with van der Waals surface area (Å²) in [5, 5.41) is 13.8. The summed E-state index contributed by atoms with van der Waals surface area (Å²) < 4.78 is 0. The maximum Gasteiger partial charge on any atom is 0.305 e. The summed E-state index contributed by atoms with van der Waals surface area (Å²) in [6.45, 7) is 0.305. The quantitative estimate of drug-likeness (QED) is 0.295. The smallest absolute Gasteiger partial charge is 0.305 e. The number of carbonyl (C=O) groups excluding carboxylic acids is 6. The maximum absolute atomic E-state index is 13.7. The lowest BCUT2D eigenvalue weighted by Crippen LogP contribution is -2.54. The number of fused-ring (bicyclic) bond motifs is 1. The van der Waals surface area contributed by atoms with Crippen LogP contribution in [-0.2, 0) is 28.8 Å². The Kier molecular flexibility index (Phi) is 9.04. The van der Waals surface area contributed by atoms with Crippen molar-refractivity contribution >= 4 is 53.0 Å². The van der Waals surface area contributed by atoms with Crippen LogP contribution in [0.2, 0.25) is 0 Å². The van der Waals surface area contributed by atoms with Gasteiger partial charge in [0.15, 0.2) is 0 Å². The van der Waals surface area contributed by atoms with Gasteiger partial charge in [-0.1, -0.05) is 30.3 Å². The van der Waals surface area contributed by atoms with Gasteiger partial charge in [-0.3, -0.25) is 33.7 Å². The van der Waals surface area contributed by atoms with Crippen LogP contribution in [0.3, 0.4) is 0 Å². The Labute approximate surface area is 217 Å². The van der Waals surface area contributed by atoms with Crippen LogP contribution in [-0.4, -0.2) is 71.9 Å². The van der Waals surface area contributed by atoms with Crippen LogP contribution in [0.4, 0.5) is 11.4 Å². The van der Waals surface area contributed by atoms with E-state index in [2.05, 4.69) is 10.6 Å². The number of carboxylic acid groups (broad SMARTS) is 1. The topological polar surface area (TPSA) is 170 Å². The van der Waals surface area contributed by atoms with E-state index >= 15 is 0 Å². The van der Waals surface area contributed by atoms with E-state index in [9.17, 15) is 33.6 Å². The molecule has 2 aromatic carbocycles. The maximum atomic E-state index is 13.7. The van der Waals surface area contributed by atoms with E-state index in [1.807, 2.05) is 0 Å². The van der Waals surface area contributed by atoms with Crippen LogP contribution in [0.1, 0.15) is 30.1 Å². The van der Waals surface area contributed by atoms with Gasteiger partial charge in [0.05, 0.1) is 36.8 Å². The van der Waals surface area contributed by atoms with Gasteiger partial charge in [0.25, 0.3) is 11.8 Å². The third-order valence-electron chi connectivity index (χ3n) is 5.64. The van der Waals surface area contributed by atoms with E-state index in [4.69, 9.17) is 5.11 Å². The normalized spacial score (nSPS) is 15.5. The minimum absolute atomic E-state index is 0.155. The van der Waals surface area contributed by atoms with Gasteiger partial charge in [0, 0.05) is 5.56 Å². The van der Waals surface area contributed by atoms with Crippen molar-refractivity contribution in [1.29, 1.82) is 0 Å². The molecule has 2 atom stereocenters. The number of hydrogen-bond donors (Lipinski definition) is 3. The molecular formula is C26H26N4O8. The van der Waals surface area contributed by atoms with E-state index < -0.39 is 66.9 Å². The first-order valence-electron chi connectivity index (χ1n) is 11.6. The molecule has 1 aliphatic heterocycles. The molecule has 38 heavy (non-hydrogen) atoms. The molecule has 1 aliphatic rings. The van der Waals surface area contributed by atoms with Crippen LogP contribution in [0, 0.1) is 0 Å². The summed E-state index contributed by atoms with van der Waals surface area (Å²) in [5.41, 5.74) is 0.645. The molecule has 0 saturated heterocycles. The fraction of sp³-hybridized carbons (Fsp3) is 0.269. The molecule has 0 saturated carbocycles. The highest BCUT2D eigenvalue weighted by molar-refractivity contribution is 6.13. The third-order valence-corrected chi connectivity index (χ3v) is 5.64. The van der Waals surface area contributed by atoms with Crippen LogP contribution >= 0.6 is 0 Å². The molecular weight excluding hydrogens is 496 g/mol. The second-order valence-electron chi connectivity index (χ2n) is 8.60. The number of carboxylic acids is 1. The molecule has 0 aromatic heterocycles. The molecule has 1 heterocycles. The fourth-order valence-corrected chi connectivity index (χ4v) is 3.95. The van der Waals surface area contributed by atoms with Crippen LogP contribution < -0.4 is 20.4 Å². The number of nitrogens with zero attached hydrogens (tertiary/aromatic N) is 2. The second kappa shape index (κ2) is 12.4. The summed E-state index contributed by atoms with van der Waals surface area (Å²) >= 11 is 0. The molecule has 2 unspecified atom stereocenters. The Morgan fingerprint density at radius 3 is 2.26 bits per heavy atom. The number of anilines is 2. The molecule has 0 spiro atoms. The lowest BCUT2D eigenvalue weighted by molar-refractivity contribution is -0.139. The summed E-state index contributed by atoms with van der Waals surface area (Å²) in [6.07, 6.45) is -0.823. The van der Waals surface area contributed by atoms with Crippen molar-refractivity contribution in [1.82, 2.24) is 10.6 Å². The SMILES string of the molecule is CC(=O)CC(=O)N1CC(NC(=O)c2ccccc2)C(=O)N(CC(=O)NC(C=O)CC(=O)O)c2ccccc21. The van der Waals surface area contributed by atoms with Crippen LogP contribution in [0.15, 0.2) is 54.6 Å². The largest absolute Gasteiger partial charge is 0.481 e. The van der Waals surface area contributed by atoms with Gasteiger partial charge in [0.2, 0.25) is 11.8 Å². The number of amides is 4. The summed E-state index contributed by atoms with van der Waals surface area (Å²) in [7, 11) is 0.